The molecule has 5 nitrogen and oxygen atoms in total. The number of hydrogen-bond donors (Lipinski definition) is 1. The lowest BCUT2D eigenvalue weighted by Crippen LogP contribution is -2.53. The molecule has 206 valence electrons. The third-order valence-electron chi connectivity index (χ3n) is 7.10. The molecule has 0 saturated heterocycles. The van der Waals surface area contributed by atoms with Crippen LogP contribution in [0.1, 0.15) is 47.9 Å². The fourth-order valence-corrected chi connectivity index (χ4v) is 5.67. The predicted octanol–water partition coefficient (Wildman–Crippen LogP) is 7.45. The fourth-order valence-electron chi connectivity index (χ4n) is 4.97. The van der Waals surface area contributed by atoms with Gasteiger partial charge in [-0.3, -0.25) is 9.59 Å². The maximum absolute atomic E-state index is 13.9. The van der Waals surface area contributed by atoms with Gasteiger partial charge >= 0.3 is 0 Å². The van der Waals surface area contributed by atoms with Crippen molar-refractivity contribution in [2.24, 2.45) is 0 Å². The van der Waals surface area contributed by atoms with E-state index in [2.05, 4.69) is 21.2 Å². The molecule has 1 aliphatic rings. The summed E-state index contributed by atoms with van der Waals surface area (Å²) in [6, 6.07) is 18.1. The van der Waals surface area contributed by atoms with Gasteiger partial charge in [-0.2, -0.15) is 0 Å². The van der Waals surface area contributed by atoms with Crippen LogP contribution in [0.15, 0.2) is 65.1 Å². The topological polar surface area (TPSA) is 58.6 Å². The maximum Gasteiger partial charge on any atom is 0.261 e. The number of nitrogens with zero attached hydrogens (tertiary/aromatic N) is 1. The fraction of sp³-hybridized carbons (Fsp3) is 0.355. The van der Waals surface area contributed by atoms with Crippen LogP contribution >= 0.6 is 39.1 Å². The van der Waals surface area contributed by atoms with E-state index in [-0.39, 0.29) is 31.0 Å². The molecule has 0 unspecified atom stereocenters. The van der Waals surface area contributed by atoms with Crippen molar-refractivity contribution >= 4 is 50.9 Å². The molecule has 39 heavy (non-hydrogen) atoms. The molecule has 3 aromatic rings. The average molecular weight is 632 g/mol. The molecular formula is C31H33BrCl2N2O3. The Morgan fingerprint density at radius 1 is 1.03 bits per heavy atom. The van der Waals surface area contributed by atoms with E-state index in [1.165, 1.54) is 0 Å². The Kier molecular flexibility index (Phi) is 10.3. The average Bonchev–Trinajstić information content (AvgIpc) is 3.42. The van der Waals surface area contributed by atoms with Crippen LogP contribution in [0.5, 0.6) is 5.75 Å². The largest absolute Gasteiger partial charge is 0.484 e. The minimum absolute atomic E-state index is 0.122. The van der Waals surface area contributed by atoms with Crippen LogP contribution in [-0.2, 0) is 22.6 Å². The Morgan fingerprint density at radius 2 is 1.69 bits per heavy atom. The van der Waals surface area contributed by atoms with Gasteiger partial charge in [-0.05, 0) is 73.2 Å². The van der Waals surface area contributed by atoms with E-state index in [0.29, 0.717) is 27.8 Å². The Hall–Kier alpha value is -2.54. The lowest BCUT2D eigenvalue weighted by molar-refractivity contribution is -0.143. The zero-order chi connectivity index (χ0) is 27.9. The second-order valence-electron chi connectivity index (χ2n) is 10.1. The van der Waals surface area contributed by atoms with Crippen molar-refractivity contribution in [3.05, 3.63) is 97.4 Å². The number of halogens is 3. The third kappa shape index (κ3) is 8.00. The molecule has 4 rings (SSSR count). The van der Waals surface area contributed by atoms with Crippen molar-refractivity contribution in [1.82, 2.24) is 10.2 Å². The molecule has 1 saturated carbocycles. The summed E-state index contributed by atoms with van der Waals surface area (Å²) in [7, 11) is 0. The highest BCUT2D eigenvalue weighted by atomic mass is 79.9. The first kappa shape index (κ1) is 29.4. The summed E-state index contributed by atoms with van der Waals surface area (Å²) in [5, 5.41) is 4.15. The third-order valence-corrected chi connectivity index (χ3v) is 8.94. The SMILES string of the molecule is Cc1cc(OCC(=O)N(Cc2ccc(Cl)cc2Cl)[C@@H](Cc2ccccc2)C(=O)NC2CCCC2)cc(C)c1Br. The maximum atomic E-state index is 13.9. The van der Waals surface area contributed by atoms with Gasteiger partial charge in [-0.15, -0.1) is 0 Å². The first-order valence-corrected chi connectivity index (χ1v) is 14.7. The number of nitrogens with one attached hydrogen (secondary N) is 1. The number of carbonyl (C=O) groups excluding carboxylic acids is 2. The Balaban J connectivity index is 1.64. The number of hydrogen-bond acceptors (Lipinski definition) is 3. The van der Waals surface area contributed by atoms with Crippen LogP contribution in [0, 0.1) is 13.8 Å². The van der Waals surface area contributed by atoms with E-state index < -0.39 is 6.04 Å². The summed E-state index contributed by atoms with van der Waals surface area (Å²) in [5.74, 6) is 0.127. The van der Waals surface area contributed by atoms with E-state index in [1.54, 1.807) is 23.1 Å². The standard InChI is InChI=1S/C31H33BrCl2N2O3/c1-20-14-26(15-21(2)30(20)32)39-19-29(37)36(18-23-12-13-24(33)17-27(23)34)28(16-22-8-4-3-5-9-22)31(38)35-25-10-6-7-11-25/h3-5,8-9,12-15,17,25,28H,6-7,10-11,16,18-19H2,1-2H3,(H,35,38)/t28-/m0/s1. The van der Waals surface area contributed by atoms with Crippen molar-refractivity contribution in [3.8, 4) is 5.75 Å². The van der Waals surface area contributed by atoms with Gasteiger partial charge in [0.25, 0.3) is 5.91 Å². The highest BCUT2D eigenvalue weighted by molar-refractivity contribution is 9.10. The van der Waals surface area contributed by atoms with Crippen LogP contribution in [0.25, 0.3) is 0 Å². The second kappa shape index (κ2) is 13.7. The zero-order valence-corrected chi connectivity index (χ0v) is 25.3. The Morgan fingerprint density at radius 3 is 2.33 bits per heavy atom. The van der Waals surface area contributed by atoms with Gasteiger partial charge < -0.3 is 15.0 Å². The number of ether oxygens (including phenoxy) is 1. The molecule has 2 amide bonds. The van der Waals surface area contributed by atoms with Gasteiger partial charge in [-0.1, -0.05) is 88.4 Å². The van der Waals surface area contributed by atoms with E-state index in [4.69, 9.17) is 27.9 Å². The van der Waals surface area contributed by atoms with Crippen molar-refractivity contribution in [2.45, 2.75) is 64.6 Å². The molecule has 0 aromatic heterocycles. The van der Waals surface area contributed by atoms with Crippen molar-refractivity contribution in [3.63, 3.8) is 0 Å². The number of amides is 2. The molecule has 0 bridgehead atoms. The molecular weight excluding hydrogens is 599 g/mol. The van der Waals surface area contributed by atoms with Gasteiger partial charge in [0.1, 0.15) is 11.8 Å². The highest BCUT2D eigenvalue weighted by Crippen LogP contribution is 2.28. The van der Waals surface area contributed by atoms with E-state index in [1.807, 2.05) is 56.3 Å². The van der Waals surface area contributed by atoms with Gasteiger partial charge in [0, 0.05) is 33.5 Å². The van der Waals surface area contributed by atoms with Crippen molar-refractivity contribution in [1.29, 1.82) is 0 Å². The van der Waals surface area contributed by atoms with E-state index in [0.717, 1.165) is 46.8 Å². The van der Waals surface area contributed by atoms with Gasteiger partial charge in [0.15, 0.2) is 6.61 Å². The van der Waals surface area contributed by atoms with Crippen LogP contribution < -0.4 is 10.1 Å². The van der Waals surface area contributed by atoms with E-state index in [9.17, 15) is 9.59 Å². The smallest absolute Gasteiger partial charge is 0.261 e. The van der Waals surface area contributed by atoms with Crippen LogP contribution in [0.4, 0.5) is 0 Å². The van der Waals surface area contributed by atoms with Crippen LogP contribution in [0.3, 0.4) is 0 Å². The van der Waals surface area contributed by atoms with Crippen molar-refractivity contribution in [2.75, 3.05) is 6.61 Å². The summed E-state index contributed by atoms with van der Waals surface area (Å²) in [6.07, 6.45) is 4.46. The first-order valence-electron chi connectivity index (χ1n) is 13.2. The highest BCUT2D eigenvalue weighted by Gasteiger charge is 2.32. The molecule has 0 spiro atoms. The zero-order valence-electron chi connectivity index (χ0n) is 22.2. The minimum Gasteiger partial charge on any atom is -0.484 e. The number of carbonyl (C=O) groups is 2. The molecule has 1 fully saturated rings. The molecule has 1 N–H and O–H groups in total. The van der Waals surface area contributed by atoms with Crippen LogP contribution in [0.2, 0.25) is 10.0 Å². The summed E-state index contributed by atoms with van der Waals surface area (Å²) in [6.45, 7) is 3.88. The molecule has 1 atom stereocenters. The number of benzene rings is 3. The number of aryl methyl sites for hydroxylation is 2. The molecule has 0 heterocycles. The van der Waals surface area contributed by atoms with E-state index >= 15 is 0 Å². The normalized spacial score (nSPS) is 14.2. The van der Waals surface area contributed by atoms with Crippen LogP contribution in [-0.4, -0.2) is 35.4 Å². The molecule has 1 aliphatic carbocycles. The summed E-state index contributed by atoms with van der Waals surface area (Å²) >= 11 is 16.2. The summed E-state index contributed by atoms with van der Waals surface area (Å²) in [4.78, 5) is 29.2. The van der Waals surface area contributed by atoms with Gasteiger partial charge in [0.2, 0.25) is 5.91 Å². The summed E-state index contributed by atoms with van der Waals surface area (Å²) in [5.41, 5.74) is 3.70. The number of rotatable bonds is 10. The Labute approximate surface area is 249 Å². The lowest BCUT2D eigenvalue weighted by Gasteiger charge is -2.32. The monoisotopic (exact) mass is 630 g/mol. The Bertz CT molecular complexity index is 1290. The molecule has 0 radical (unpaired) electrons. The predicted molar refractivity (Wildman–Crippen MR) is 160 cm³/mol. The van der Waals surface area contributed by atoms with Gasteiger partial charge in [0.05, 0.1) is 0 Å². The second-order valence-corrected chi connectivity index (χ2v) is 11.7. The first-order chi connectivity index (χ1) is 18.7. The molecule has 8 heteroatoms. The summed E-state index contributed by atoms with van der Waals surface area (Å²) < 4.78 is 6.97. The lowest BCUT2D eigenvalue weighted by atomic mass is 10.0. The van der Waals surface area contributed by atoms with Gasteiger partial charge in [-0.25, -0.2) is 0 Å². The molecule has 0 aliphatic heterocycles. The quantitative estimate of drug-likeness (QED) is 0.253. The molecule has 3 aromatic carbocycles. The van der Waals surface area contributed by atoms with Crippen molar-refractivity contribution < 1.29 is 14.3 Å². The minimum atomic E-state index is -0.746.